The van der Waals surface area contributed by atoms with Gasteiger partial charge in [0.2, 0.25) is 10.0 Å². The second-order valence-corrected chi connectivity index (χ2v) is 9.00. The Morgan fingerprint density at radius 3 is 2.39 bits per heavy atom. The maximum absolute atomic E-state index is 12.9. The summed E-state index contributed by atoms with van der Waals surface area (Å²) in [4.78, 5) is 12.9. The molecule has 0 bridgehead atoms. The van der Waals surface area contributed by atoms with E-state index in [2.05, 4.69) is 15.5 Å². The highest BCUT2D eigenvalue weighted by Crippen LogP contribution is 2.32. The maximum atomic E-state index is 12.9. The number of sulfonamides is 1. The summed E-state index contributed by atoms with van der Waals surface area (Å²) in [5.74, 6) is 0.442. The number of carbonyl (C=O) groups excluding carboxylic acids is 1. The fourth-order valence-electron chi connectivity index (χ4n) is 3.53. The molecule has 2 aromatic carbocycles. The van der Waals surface area contributed by atoms with Gasteiger partial charge in [0.25, 0.3) is 5.91 Å². The number of methoxy groups -OCH3 is 2. The highest BCUT2D eigenvalue weighted by atomic mass is 32.2. The zero-order valence-electron chi connectivity index (χ0n) is 17.1. The summed E-state index contributed by atoms with van der Waals surface area (Å²) < 4.78 is 37.7. The first-order valence-electron chi connectivity index (χ1n) is 9.53. The van der Waals surface area contributed by atoms with Gasteiger partial charge in [0.1, 0.15) is 17.1 Å². The lowest BCUT2D eigenvalue weighted by Gasteiger charge is -2.16. The van der Waals surface area contributed by atoms with Gasteiger partial charge in [0, 0.05) is 12.1 Å². The van der Waals surface area contributed by atoms with Crippen molar-refractivity contribution >= 4 is 21.7 Å². The van der Waals surface area contributed by atoms with Crippen LogP contribution in [-0.4, -0.2) is 43.0 Å². The fourth-order valence-corrected chi connectivity index (χ4v) is 4.98. The summed E-state index contributed by atoms with van der Waals surface area (Å²) in [6.45, 7) is 0.297. The van der Waals surface area contributed by atoms with Gasteiger partial charge in [-0.3, -0.25) is 9.89 Å². The van der Waals surface area contributed by atoms with E-state index >= 15 is 0 Å². The Morgan fingerprint density at radius 1 is 1.06 bits per heavy atom. The summed E-state index contributed by atoms with van der Waals surface area (Å²) in [7, 11) is -0.605. The van der Waals surface area contributed by atoms with Crippen LogP contribution in [0.4, 0.5) is 5.82 Å². The third-order valence-electron chi connectivity index (χ3n) is 5.09. The number of fused-ring (bicyclic) bond motifs is 1. The van der Waals surface area contributed by atoms with Crippen LogP contribution in [-0.2, 0) is 28.9 Å². The number of hydrogen-bond acceptors (Lipinski definition) is 6. The van der Waals surface area contributed by atoms with Crippen LogP contribution in [0.15, 0.2) is 48.5 Å². The summed E-state index contributed by atoms with van der Waals surface area (Å²) >= 11 is 0. The standard InChI is InChI=1S/C21H22N4O5S/c1-29-17-9-6-10-18(30-2)19(17)21(26)22-20-15-11-25(12-16(15)23-24-20)31(27,28)13-14-7-4-3-5-8-14/h3-10H,11-13H2,1-2H3,(H2,22,23,24,26). The lowest BCUT2D eigenvalue weighted by molar-refractivity contribution is 0.102. The number of benzene rings is 2. The van der Waals surface area contributed by atoms with E-state index in [1.165, 1.54) is 18.5 Å². The van der Waals surface area contributed by atoms with E-state index in [0.717, 1.165) is 0 Å². The Labute approximate surface area is 180 Å². The molecule has 162 valence electrons. The molecule has 0 atom stereocenters. The summed E-state index contributed by atoms with van der Waals surface area (Å²) in [5, 5.41) is 9.73. The first-order chi connectivity index (χ1) is 14.9. The Morgan fingerprint density at radius 2 is 1.74 bits per heavy atom. The molecule has 1 amide bonds. The Balaban J connectivity index is 1.53. The van der Waals surface area contributed by atoms with E-state index < -0.39 is 15.9 Å². The van der Waals surface area contributed by atoms with Crippen molar-refractivity contribution in [2.75, 3.05) is 19.5 Å². The summed E-state index contributed by atoms with van der Waals surface area (Å²) in [6, 6.07) is 14.0. The molecule has 0 saturated heterocycles. The normalized spacial score (nSPS) is 13.6. The average molecular weight is 442 g/mol. The van der Waals surface area contributed by atoms with Crippen LogP contribution in [0, 0.1) is 0 Å². The van der Waals surface area contributed by atoms with E-state index in [0.29, 0.717) is 28.3 Å². The van der Waals surface area contributed by atoms with Gasteiger partial charge in [-0.15, -0.1) is 0 Å². The van der Waals surface area contributed by atoms with Crippen molar-refractivity contribution in [2.45, 2.75) is 18.8 Å². The minimum absolute atomic E-state index is 0.0916. The number of rotatable bonds is 7. The summed E-state index contributed by atoms with van der Waals surface area (Å²) in [6.07, 6.45) is 0. The number of carbonyl (C=O) groups is 1. The fraction of sp³-hybridized carbons (Fsp3) is 0.238. The highest BCUT2D eigenvalue weighted by molar-refractivity contribution is 7.88. The van der Waals surface area contributed by atoms with Gasteiger partial charge in [-0.25, -0.2) is 8.42 Å². The predicted molar refractivity (Wildman–Crippen MR) is 114 cm³/mol. The molecule has 31 heavy (non-hydrogen) atoms. The number of amides is 1. The van der Waals surface area contributed by atoms with Crippen molar-refractivity contribution in [3.8, 4) is 11.5 Å². The number of aromatic amines is 1. The van der Waals surface area contributed by atoms with Crippen molar-refractivity contribution < 1.29 is 22.7 Å². The van der Waals surface area contributed by atoms with E-state index in [4.69, 9.17) is 9.47 Å². The Hall–Kier alpha value is -3.37. The van der Waals surface area contributed by atoms with Gasteiger partial charge in [0.05, 0.1) is 32.2 Å². The lowest BCUT2D eigenvalue weighted by Crippen LogP contribution is -2.27. The van der Waals surface area contributed by atoms with Crippen molar-refractivity contribution in [3.63, 3.8) is 0 Å². The molecule has 0 radical (unpaired) electrons. The molecule has 10 heteroatoms. The number of aromatic nitrogens is 2. The van der Waals surface area contributed by atoms with Crippen LogP contribution in [0.25, 0.3) is 0 Å². The molecule has 1 aromatic heterocycles. The minimum Gasteiger partial charge on any atom is -0.496 e. The zero-order valence-corrected chi connectivity index (χ0v) is 17.9. The molecule has 2 heterocycles. The first-order valence-corrected chi connectivity index (χ1v) is 11.1. The van der Waals surface area contributed by atoms with Crippen LogP contribution < -0.4 is 14.8 Å². The Bertz CT molecular complexity index is 1190. The number of ether oxygens (including phenoxy) is 2. The van der Waals surface area contributed by atoms with E-state index in [1.807, 2.05) is 6.07 Å². The molecule has 0 fully saturated rings. The monoisotopic (exact) mass is 442 g/mol. The molecule has 4 rings (SSSR count). The molecule has 0 spiro atoms. The third kappa shape index (κ3) is 4.12. The highest BCUT2D eigenvalue weighted by Gasteiger charge is 2.33. The third-order valence-corrected chi connectivity index (χ3v) is 6.84. The molecular formula is C21H22N4O5S. The van der Waals surface area contributed by atoms with Crippen molar-refractivity contribution in [1.82, 2.24) is 14.5 Å². The van der Waals surface area contributed by atoms with Gasteiger partial charge in [-0.2, -0.15) is 9.40 Å². The second kappa shape index (κ2) is 8.40. The SMILES string of the molecule is COc1cccc(OC)c1C(=O)Nc1n[nH]c2c1CN(S(=O)(=O)Cc1ccccc1)C2. The molecule has 0 aliphatic carbocycles. The van der Waals surface area contributed by atoms with Crippen molar-refractivity contribution in [1.29, 1.82) is 0 Å². The smallest absolute Gasteiger partial charge is 0.264 e. The number of nitrogens with one attached hydrogen (secondary N) is 2. The van der Waals surface area contributed by atoms with Crippen LogP contribution in [0.5, 0.6) is 11.5 Å². The molecule has 2 N–H and O–H groups in total. The van der Waals surface area contributed by atoms with E-state index in [-0.39, 0.29) is 30.2 Å². The van der Waals surface area contributed by atoms with Crippen LogP contribution >= 0.6 is 0 Å². The Kier molecular flexibility index (Phi) is 5.66. The first kappa shape index (κ1) is 20.9. The van der Waals surface area contributed by atoms with Crippen LogP contribution in [0.1, 0.15) is 27.2 Å². The largest absolute Gasteiger partial charge is 0.496 e. The molecule has 0 saturated carbocycles. The van der Waals surface area contributed by atoms with Gasteiger partial charge in [-0.1, -0.05) is 36.4 Å². The van der Waals surface area contributed by atoms with Crippen LogP contribution in [0.2, 0.25) is 0 Å². The topological polar surface area (TPSA) is 114 Å². The number of nitrogens with zero attached hydrogens (tertiary/aromatic N) is 2. The van der Waals surface area contributed by atoms with Crippen LogP contribution in [0.3, 0.4) is 0 Å². The second-order valence-electron chi connectivity index (χ2n) is 7.03. The van der Waals surface area contributed by atoms with Crippen molar-refractivity contribution in [2.24, 2.45) is 0 Å². The number of H-pyrrole nitrogens is 1. The molecule has 0 unspecified atom stereocenters. The quantitative estimate of drug-likeness (QED) is 0.581. The molecule has 9 nitrogen and oxygen atoms in total. The predicted octanol–water partition coefficient (Wildman–Crippen LogP) is 2.52. The zero-order chi connectivity index (χ0) is 22.0. The molecule has 1 aliphatic heterocycles. The van der Waals surface area contributed by atoms with Gasteiger partial charge in [0.15, 0.2) is 5.82 Å². The van der Waals surface area contributed by atoms with E-state index in [1.54, 1.807) is 42.5 Å². The van der Waals surface area contributed by atoms with E-state index in [9.17, 15) is 13.2 Å². The van der Waals surface area contributed by atoms with Gasteiger partial charge >= 0.3 is 0 Å². The molecule has 3 aromatic rings. The molecular weight excluding hydrogens is 420 g/mol. The summed E-state index contributed by atoms with van der Waals surface area (Å²) in [5.41, 5.74) is 2.24. The van der Waals surface area contributed by atoms with Gasteiger partial charge < -0.3 is 14.8 Å². The average Bonchev–Trinajstić information content (AvgIpc) is 3.36. The lowest BCUT2D eigenvalue weighted by atomic mass is 10.1. The minimum atomic E-state index is -3.54. The maximum Gasteiger partial charge on any atom is 0.264 e. The number of hydrogen-bond donors (Lipinski definition) is 2. The van der Waals surface area contributed by atoms with Crippen molar-refractivity contribution in [3.05, 3.63) is 70.9 Å². The molecule has 1 aliphatic rings. The number of anilines is 1. The van der Waals surface area contributed by atoms with Gasteiger partial charge in [-0.05, 0) is 17.7 Å².